The Kier molecular flexibility index (Phi) is 4.72. The Morgan fingerprint density at radius 3 is 2.57 bits per heavy atom. The fourth-order valence-electron chi connectivity index (χ4n) is 2.30. The minimum Gasteiger partial charge on any atom is -0.481 e. The van der Waals surface area contributed by atoms with E-state index < -0.39 is 23.5 Å². The van der Waals surface area contributed by atoms with Crippen molar-refractivity contribution in [1.29, 1.82) is 0 Å². The van der Waals surface area contributed by atoms with E-state index in [-0.39, 0.29) is 18.1 Å². The summed E-state index contributed by atoms with van der Waals surface area (Å²) in [4.78, 5) is 24.3. The van der Waals surface area contributed by atoms with E-state index >= 15 is 0 Å². The van der Waals surface area contributed by atoms with E-state index in [0.29, 0.717) is 25.9 Å². The molecule has 114 valence electrons. The quantitative estimate of drug-likeness (QED) is 0.887. The molecule has 2 rings (SSSR count). The summed E-state index contributed by atoms with van der Waals surface area (Å²) >= 11 is 0. The van der Waals surface area contributed by atoms with Crippen molar-refractivity contribution in [3.05, 3.63) is 29.8 Å². The van der Waals surface area contributed by atoms with Crippen LogP contribution in [0.4, 0.5) is 14.5 Å². The van der Waals surface area contributed by atoms with Gasteiger partial charge in [0.2, 0.25) is 5.91 Å². The molecule has 5 nitrogen and oxygen atoms in total. The van der Waals surface area contributed by atoms with Gasteiger partial charge >= 0.3 is 5.97 Å². The molecule has 7 heteroatoms. The number of hydrogen-bond acceptors (Lipinski definition) is 3. The van der Waals surface area contributed by atoms with Crippen LogP contribution in [0.3, 0.4) is 0 Å². The number of likely N-dealkylation sites (tertiary alicyclic amines) is 1. The van der Waals surface area contributed by atoms with Gasteiger partial charge in [-0.05, 0) is 25.0 Å². The molecule has 1 saturated heterocycles. The molecular formula is C14H16F2N2O3. The topological polar surface area (TPSA) is 69.6 Å². The van der Waals surface area contributed by atoms with E-state index in [1.165, 1.54) is 17.0 Å². The van der Waals surface area contributed by atoms with Crippen molar-refractivity contribution in [3.63, 3.8) is 0 Å². The average molecular weight is 298 g/mol. The molecule has 1 aromatic rings. The SMILES string of the molecule is O=C(O)C1CCN(C(=O)CNc2cccc(F)c2F)CC1. The summed E-state index contributed by atoms with van der Waals surface area (Å²) < 4.78 is 26.4. The van der Waals surface area contributed by atoms with E-state index in [9.17, 15) is 18.4 Å². The summed E-state index contributed by atoms with van der Waals surface area (Å²) in [6, 6.07) is 3.70. The number of carbonyl (C=O) groups excluding carboxylic acids is 1. The predicted molar refractivity (Wildman–Crippen MR) is 71.8 cm³/mol. The van der Waals surface area contributed by atoms with Gasteiger partial charge in [-0.2, -0.15) is 0 Å². The summed E-state index contributed by atoms with van der Waals surface area (Å²) in [6.07, 6.45) is 0.824. The number of carboxylic acid groups (broad SMARTS) is 1. The molecule has 1 amide bonds. The molecule has 1 aliphatic heterocycles. The first-order valence-electron chi connectivity index (χ1n) is 6.67. The van der Waals surface area contributed by atoms with E-state index in [1.807, 2.05) is 0 Å². The van der Waals surface area contributed by atoms with Gasteiger partial charge in [0.05, 0.1) is 18.2 Å². The minimum atomic E-state index is -1.02. The number of halogens is 2. The van der Waals surface area contributed by atoms with Gasteiger partial charge in [-0.3, -0.25) is 9.59 Å². The third kappa shape index (κ3) is 3.68. The first-order valence-corrected chi connectivity index (χ1v) is 6.67. The zero-order valence-corrected chi connectivity index (χ0v) is 11.3. The Balaban J connectivity index is 1.85. The molecular weight excluding hydrogens is 282 g/mol. The molecule has 1 aliphatic rings. The monoisotopic (exact) mass is 298 g/mol. The summed E-state index contributed by atoms with van der Waals surface area (Å²) in [5, 5.41) is 11.4. The highest BCUT2D eigenvalue weighted by Gasteiger charge is 2.26. The zero-order valence-electron chi connectivity index (χ0n) is 11.3. The van der Waals surface area contributed by atoms with Crippen LogP contribution in [-0.4, -0.2) is 41.5 Å². The lowest BCUT2D eigenvalue weighted by Crippen LogP contribution is -2.42. The van der Waals surface area contributed by atoms with Crippen LogP contribution in [0.15, 0.2) is 18.2 Å². The molecule has 1 fully saturated rings. The molecule has 0 aromatic heterocycles. The van der Waals surface area contributed by atoms with Crippen molar-refractivity contribution >= 4 is 17.6 Å². The lowest BCUT2D eigenvalue weighted by Gasteiger charge is -2.30. The van der Waals surface area contributed by atoms with Crippen molar-refractivity contribution in [2.75, 3.05) is 25.0 Å². The summed E-state index contributed by atoms with van der Waals surface area (Å²) in [5.74, 6) is -3.52. The molecule has 0 bridgehead atoms. The maximum Gasteiger partial charge on any atom is 0.306 e. The van der Waals surface area contributed by atoms with Gasteiger partial charge in [0.25, 0.3) is 0 Å². The smallest absolute Gasteiger partial charge is 0.306 e. The molecule has 0 aliphatic carbocycles. The Labute approximate surface area is 120 Å². The highest BCUT2D eigenvalue weighted by molar-refractivity contribution is 5.81. The van der Waals surface area contributed by atoms with E-state index in [4.69, 9.17) is 5.11 Å². The minimum absolute atomic E-state index is 0.0660. The number of nitrogens with zero attached hydrogens (tertiary/aromatic N) is 1. The second-order valence-electron chi connectivity index (χ2n) is 4.95. The average Bonchev–Trinajstić information content (AvgIpc) is 2.48. The van der Waals surface area contributed by atoms with Crippen molar-refractivity contribution in [2.24, 2.45) is 5.92 Å². The number of nitrogens with one attached hydrogen (secondary N) is 1. The first kappa shape index (κ1) is 15.2. The van der Waals surface area contributed by atoms with Crippen LogP contribution in [0.5, 0.6) is 0 Å². The lowest BCUT2D eigenvalue weighted by molar-refractivity contribution is -0.145. The highest BCUT2D eigenvalue weighted by atomic mass is 19.2. The van der Waals surface area contributed by atoms with Crippen LogP contribution in [0.25, 0.3) is 0 Å². The van der Waals surface area contributed by atoms with Gasteiger partial charge in [-0.25, -0.2) is 8.78 Å². The van der Waals surface area contributed by atoms with Gasteiger partial charge in [-0.15, -0.1) is 0 Å². The number of aliphatic carboxylic acids is 1. The predicted octanol–water partition coefficient (Wildman–Crippen LogP) is 1.70. The first-order chi connectivity index (χ1) is 9.99. The number of anilines is 1. The number of rotatable bonds is 4. The molecule has 1 heterocycles. The number of hydrogen-bond donors (Lipinski definition) is 2. The van der Waals surface area contributed by atoms with Crippen LogP contribution >= 0.6 is 0 Å². The standard InChI is InChI=1S/C14H16F2N2O3/c15-10-2-1-3-11(13(10)16)17-8-12(19)18-6-4-9(5-7-18)14(20)21/h1-3,9,17H,4-8H2,(H,20,21). The Morgan fingerprint density at radius 1 is 1.29 bits per heavy atom. The number of piperidine rings is 1. The summed E-state index contributed by atoms with van der Waals surface area (Å²) in [5.41, 5.74) is -0.0660. The molecule has 0 atom stereocenters. The molecule has 0 radical (unpaired) electrons. The maximum absolute atomic E-state index is 13.4. The Hall–Kier alpha value is -2.18. The summed E-state index contributed by atoms with van der Waals surface area (Å²) in [6.45, 7) is 0.574. The largest absolute Gasteiger partial charge is 0.481 e. The van der Waals surface area contributed by atoms with Crippen LogP contribution in [0, 0.1) is 17.6 Å². The van der Waals surface area contributed by atoms with E-state index in [1.54, 1.807) is 0 Å². The second kappa shape index (κ2) is 6.51. The molecule has 2 N–H and O–H groups in total. The third-order valence-electron chi connectivity index (χ3n) is 3.58. The third-order valence-corrected chi connectivity index (χ3v) is 3.58. The number of amides is 1. The maximum atomic E-state index is 13.4. The van der Waals surface area contributed by atoms with Crippen molar-refractivity contribution in [2.45, 2.75) is 12.8 Å². The van der Waals surface area contributed by atoms with Gasteiger partial charge in [-0.1, -0.05) is 6.07 Å². The van der Waals surface area contributed by atoms with E-state index in [0.717, 1.165) is 6.07 Å². The van der Waals surface area contributed by atoms with Crippen LogP contribution < -0.4 is 5.32 Å². The zero-order chi connectivity index (χ0) is 15.4. The normalized spacial score (nSPS) is 15.8. The van der Waals surface area contributed by atoms with Gasteiger partial charge in [0.15, 0.2) is 11.6 Å². The fourth-order valence-corrected chi connectivity index (χ4v) is 2.30. The summed E-state index contributed by atoms with van der Waals surface area (Å²) in [7, 11) is 0. The van der Waals surface area contributed by atoms with Crippen molar-refractivity contribution in [3.8, 4) is 0 Å². The van der Waals surface area contributed by atoms with Gasteiger partial charge in [0.1, 0.15) is 0 Å². The van der Waals surface area contributed by atoms with E-state index in [2.05, 4.69) is 5.32 Å². The number of benzene rings is 1. The lowest BCUT2D eigenvalue weighted by atomic mass is 9.97. The number of carbonyl (C=O) groups is 2. The molecule has 0 spiro atoms. The number of carboxylic acids is 1. The Bertz CT molecular complexity index is 543. The molecule has 1 aromatic carbocycles. The van der Waals surface area contributed by atoms with Gasteiger partial charge < -0.3 is 15.3 Å². The van der Waals surface area contributed by atoms with Crippen LogP contribution in [0.2, 0.25) is 0 Å². The highest BCUT2D eigenvalue weighted by Crippen LogP contribution is 2.19. The molecule has 0 unspecified atom stereocenters. The fraction of sp³-hybridized carbons (Fsp3) is 0.429. The second-order valence-corrected chi connectivity index (χ2v) is 4.95. The molecule has 0 saturated carbocycles. The Morgan fingerprint density at radius 2 is 1.95 bits per heavy atom. The van der Waals surface area contributed by atoms with Crippen molar-refractivity contribution < 1.29 is 23.5 Å². The van der Waals surface area contributed by atoms with Crippen LogP contribution in [0.1, 0.15) is 12.8 Å². The van der Waals surface area contributed by atoms with Gasteiger partial charge in [0, 0.05) is 13.1 Å². The molecule has 21 heavy (non-hydrogen) atoms. The van der Waals surface area contributed by atoms with Crippen LogP contribution in [-0.2, 0) is 9.59 Å². The van der Waals surface area contributed by atoms with Crippen molar-refractivity contribution in [1.82, 2.24) is 4.90 Å².